The quantitative estimate of drug-likeness (QED) is 0.498. The molecule has 0 spiro atoms. The SMILES string of the molecule is CNC(CSc1ccc([N+](=O)[O-])cc1)c1ccccc1C. The van der Waals surface area contributed by atoms with Gasteiger partial charge in [-0.1, -0.05) is 24.3 Å². The highest BCUT2D eigenvalue weighted by atomic mass is 32.2. The van der Waals surface area contributed by atoms with E-state index in [1.54, 1.807) is 36.0 Å². The summed E-state index contributed by atoms with van der Waals surface area (Å²) in [7, 11) is 1.95. The van der Waals surface area contributed by atoms with Crippen LogP contribution >= 0.6 is 11.8 Å². The van der Waals surface area contributed by atoms with Gasteiger partial charge in [-0.3, -0.25) is 10.1 Å². The van der Waals surface area contributed by atoms with E-state index in [1.807, 2.05) is 19.2 Å². The first kappa shape index (κ1) is 15.5. The van der Waals surface area contributed by atoms with E-state index in [4.69, 9.17) is 0 Å². The third-order valence-electron chi connectivity index (χ3n) is 3.38. The zero-order chi connectivity index (χ0) is 15.2. The minimum Gasteiger partial charge on any atom is -0.312 e. The van der Waals surface area contributed by atoms with Gasteiger partial charge in [0.1, 0.15) is 0 Å². The Morgan fingerprint density at radius 3 is 2.43 bits per heavy atom. The van der Waals surface area contributed by atoms with E-state index < -0.39 is 0 Å². The molecule has 0 aromatic heterocycles. The van der Waals surface area contributed by atoms with Crippen LogP contribution in [0.4, 0.5) is 5.69 Å². The number of rotatable bonds is 6. The van der Waals surface area contributed by atoms with Crippen LogP contribution in [-0.4, -0.2) is 17.7 Å². The van der Waals surface area contributed by atoms with Crippen LogP contribution in [0.25, 0.3) is 0 Å². The number of hydrogen-bond acceptors (Lipinski definition) is 4. The van der Waals surface area contributed by atoms with Crippen molar-refractivity contribution in [2.24, 2.45) is 0 Å². The van der Waals surface area contributed by atoms with Crippen molar-refractivity contribution in [3.63, 3.8) is 0 Å². The number of nitro benzene ring substituents is 1. The highest BCUT2D eigenvalue weighted by Gasteiger charge is 2.12. The lowest BCUT2D eigenvalue weighted by atomic mass is 10.0. The maximum Gasteiger partial charge on any atom is 0.269 e. The Kier molecular flexibility index (Phi) is 5.36. The highest BCUT2D eigenvalue weighted by Crippen LogP contribution is 2.27. The third kappa shape index (κ3) is 4.06. The van der Waals surface area contributed by atoms with Crippen molar-refractivity contribution in [3.8, 4) is 0 Å². The summed E-state index contributed by atoms with van der Waals surface area (Å²) < 4.78 is 0. The summed E-state index contributed by atoms with van der Waals surface area (Å²) in [6.07, 6.45) is 0. The van der Waals surface area contributed by atoms with Gasteiger partial charge in [0, 0.05) is 28.8 Å². The molecule has 0 saturated carbocycles. The molecule has 0 amide bonds. The normalized spacial score (nSPS) is 12.1. The summed E-state index contributed by atoms with van der Waals surface area (Å²) in [5, 5.41) is 14.0. The molecular formula is C16H18N2O2S. The standard InChI is InChI=1S/C16H18N2O2S/c1-12-5-3-4-6-15(12)16(17-2)11-21-14-9-7-13(8-10-14)18(19)20/h3-10,16-17H,11H2,1-2H3. The van der Waals surface area contributed by atoms with E-state index in [2.05, 4.69) is 24.4 Å². The summed E-state index contributed by atoms with van der Waals surface area (Å²) in [6, 6.07) is 15.3. The van der Waals surface area contributed by atoms with Crippen LogP contribution in [0.15, 0.2) is 53.4 Å². The van der Waals surface area contributed by atoms with Crippen molar-refractivity contribution in [3.05, 3.63) is 69.8 Å². The molecular weight excluding hydrogens is 284 g/mol. The van der Waals surface area contributed by atoms with Gasteiger partial charge in [-0.15, -0.1) is 11.8 Å². The summed E-state index contributed by atoms with van der Waals surface area (Å²) in [6.45, 7) is 2.11. The Morgan fingerprint density at radius 1 is 1.19 bits per heavy atom. The van der Waals surface area contributed by atoms with Crippen molar-refractivity contribution < 1.29 is 4.92 Å². The van der Waals surface area contributed by atoms with Gasteiger partial charge in [0.25, 0.3) is 5.69 Å². The topological polar surface area (TPSA) is 55.2 Å². The maximum atomic E-state index is 10.6. The van der Waals surface area contributed by atoms with Crippen molar-refractivity contribution >= 4 is 17.4 Å². The Labute approximate surface area is 128 Å². The molecule has 4 nitrogen and oxygen atoms in total. The molecule has 0 saturated heterocycles. The van der Waals surface area contributed by atoms with Crippen LogP contribution in [-0.2, 0) is 0 Å². The monoisotopic (exact) mass is 302 g/mol. The van der Waals surface area contributed by atoms with Gasteiger partial charge >= 0.3 is 0 Å². The van der Waals surface area contributed by atoms with Crippen molar-refractivity contribution in [1.82, 2.24) is 5.32 Å². The minimum atomic E-state index is -0.377. The van der Waals surface area contributed by atoms with Gasteiger partial charge in [0.2, 0.25) is 0 Å². The minimum absolute atomic E-state index is 0.128. The van der Waals surface area contributed by atoms with Crippen LogP contribution in [0, 0.1) is 17.0 Å². The van der Waals surface area contributed by atoms with E-state index >= 15 is 0 Å². The van der Waals surface area contributed by atoms with Crippen LogP contribution in [0.3, 0.4) is 0 Å². The van der Waals surface area contributed by atoms with E-state index in [9.17, 15) is 10.1 Å². The van der Waals surface area contributed by atoms with E-state index in [1.165, 1.54) is 11.1 Å². The van der Waals surface area contributed by atoms with Gasteiger partial charge in [-0.25, -0.2) is 0 Å². The maximum absolute atomic E-state index is 10.6. The van der Waals surface area contributed by atoms with Gasteiger partial charge in [-0.05, 0) is 37.2 Å². The Bertz CT molecular complexity index is 614. The molecule has 2 aromatic carbocycles. The molecule has 5 heteroatoms. The smallest absolute Gasteiger partial charge is 0.269 e. The molecule has 21 heavy (non-hydrogen) atoms. The average Bonchev–Trinajstić information content (AvgIpc) is 2.50. The van der Waals surface area contributed by atoms with Crippen LogP contribution in [0.2, 0.25) is 0 Å². The number of hydrogen-bond donors (Lipinski definition) is 1. The van der Waals surface area contributed by atoms with Gasteiger partial charge in [-0.2, -0.15) is 0 Å². The molecule has 1 unspecified atom stereocenters. The zero-order valence-corrected chi connectivity index (χ0v) is 12.9. The van der Waals surface area contributed by atoms with Crippen LogP contribution in [0.5, 0.6) is 0 Å². The number of nitro groups is 1. The Balaban J connectivity index is 2.03. The van der Waals surface area contributed by atoms with Gasteiger partial charge in [0.15, 0.2) is 0 Å². The summed E-state index contributed by atoms with van der Waals surface area (Å²) in [4.78, 5) is 11.3. The number of non-ortho nitro benzene ring substituents is 1. The zero-order valence-electron chi connectivity index (χ0n) is 12.1. The van der Waals surface area contributed by atoms with E-state index in [-0.39, 0.29) is 16.7 Å². The predicted molar refractivity (Wildman–Crippen MR) is 86.8 cm³/mol. The van der Waals surface area contributed by atoms with E-state index in [0.29, 0.717) is 0 Å². The molecule has 0 bridgehead atoms. The number of nitrogens with zero attached hydrogens (tertiary/aromatic N) is 1. The van der Waals surface area contributed by atoms with Crippen LogP contribution < -0.4 is 5.32 Å². The molecule has 0 aliphatic rings. The molecule has 0 heterocycles. The number of nitrogens with one attached hydrogen (secondary N) is 1. The predicted octanol–water partition coefficient (Wildman–Crippen LogP) is 3.96. The third-order valence-corrected chi connectivity index (χ3v) is 4.48. The molecule has 2 rings (SSSR count). The Hall–Kier alpha value is -1.85. The fourth-order valence-electron chi connectivity index (χ4n) is 2.15. The van der Waals surface area contributed by atoms with E-state index in [0.717, 1.165) is 10.6 Å². The van der Waals surface area contributed by atoms with Crippen LogP contribution in [0.1, 0.15) is 17.2 Å². The highest BCUT2D eigenvalue weighted by molar-refractivity contribution is 7.99. The van der Waals surface area contributed by atoms with Crippen molar-refractivity contribution in [2.75, 3.05) is 12.8 Å². The molecule has 110 valence electrons. The lowest BCUT2D eigenvalue weighted by molar-refractivity contribution is -0.384. The summed E-state index contributed by atoms with van der Waals surface area (Å²) in [5.41, 5.74) is 2.68. The first-order valence-corrected chi connectivity index (χ1v) is 7.70. The van der Waals surface area contributed by atoms with Gasteiger partial charge < -0.3 is 5.32 Å². The molecule has 0 fully saturated rings. The number of benzene rings is 2. The number of thioether (sulfide) groups is 1. The molecule has 0 radical (unpaired) electrons. The lowest BCUT2D eigenvalue weighted by Gasteiger charge is -2.18. The first-order valence-electron chi connectivity index (χ1n) is 6.72. The van der Waals surface area contributed by atoms with Gasteiger partial charge in [0.05, 0.1) is 4.92 Å². The Morgan fingerprint density at radius 2 is 1.86 bits per heavy atom. The molecule has 1 atom stereocenters. The molecule has 0 aliphatic carbocycles. The lowest BCUT2D eigenvalue weighted by Crippen LogP contribution is -2.19. The fourth-order valence-corrected chi connectivity index (χ4v) is 3.18. The largest absolute Gasteiger partial charge is 0.312 e. The molecule has 2 aromatic rings. The first-order chi connectivity index (χ1) is 10.1. The second-order valence-corrected chi connectivity index (χ2v) is 5.85. The second-order valence-electron chi connectivity index (χ2n) is 4.76. The van der Waals surface area contributed by atoms with Crippen molar-refractivity contribution in [2.45, 2.75) is 17.9 Å². The second kappa shape index (κ2) is 7.24. The average molecular weight is 302 g/mol. The van der Waals surface area contributed by atoms with Crippen molar-refractivity contribution in [1.29, 1.82) is 0 Å². The fraction of sp³-hybridized carbons (Fsp3) is 0.250. The summed E-state index contributed by atoms with van der Waals surface area (Å²) in [5.74, 6) is 0.874. The number of aryl methyl sites for hydroxylation is 1. The molecule has 0 aliphatic heterocycles. The summed E-state index contributed by atoms with van der Waals surface area (Å²) >= 11 is 1.69. The molecule has 1 N–H and O–H groups in total.